The van der Waals surface area contributed by atoms with E-state index in [4.69, 9.17) is 9.47 Å². The van der Waals surface area contributed by atoms with E-state index >= 15 is 0 Å². The van der Waals surface area contributed by atoms with Gasteiger partial charge in [0.15, 0.2) is 0 Å². The summed E-state index contributed by atoms with van der Waals surface area (Å²) in [6.07, 6.45) is 31.9. The predicted octanol–water partition coefficient (Wildman–Crippen LogP) is 9.64. The molecule has 1 aliphatic heterocycles. The van der Waals surface area contributed by atoms with Crippen molar-refractivity contribution in [1.29, 1.82) is 0 Å². The van der Waals surface area contributed by atoms with Crippen LogP contribution in [0.15, 0.2) is 0 Å². The second-order valence-electron chi connectivity index (χ2n) is 10.3. The van der Waals surface area contributed by atoms with Crippen LogP contribution in [-0.2, 0) is 9.47 Å². The molecule has 0 radical (unpaired) electrons. The lowest BCUT2D eigenvalue weighted by molar-refractivity contribution is 0.109. The highest BCUT2D eigenvalue weighted by atomic mass is 16.6. The third-order valence-corrected chi connectivity index (χ3v) is 7.04. The van der Waals surface area contributed by atoms with Gasteiger partial charge in [-0.1, -0.05) is 142 Å². The van der Waals surface area contributed by atoms with E-state index in [1.54, 1.807) is 0 Å². The molecule has 2 heteroatoms. The molecule has 0 bridgehead atoms. The molecular formula is C29H58O2. The van der Waals surface area contributed by atoms with Crippen molar-refractivity contribution >= 4 is 0 Å². The Balaban J connectivity index is 2.00. The van der Waals surface area contributed by atoms with E-state index < -0.39 is 0 Å². The van der Waals surface area contributed by atoms with Gasteiger partial charge < -0.3 is 9.47 Å². The minimum absolute atomic E-state index is 0.417. The van der Waals surface area contributed by atoms with E-state index in [1.165, 1.54) is 141 Å². The third-order valence-electron chi connectivity index (χ3n) is 7.04. The third kappa shape index (κ3) is 21.5. The molecule has 1 saturated heterocycles. The number of hydrogen-bond donors (Lipinski definition) is 0. The van der Waals surface area contributed by atoms with Crippen molar-refractivity contribution in [3.63, 3.8) is 0 Å². The fraction of sp³-hybridized carbons (Fsp3) is 1.00. The Morgan fingerprint density at radius 3 is 1.39 bits per heavy atom. The molecule has 0 N–H and O–H groups in total. The van der Waals surface area contributed by atoms with Gasteiger partial charge in [0.05, 0.1) is 13.2 Å². The average molecular weight is 439 g/mol. The van der Waals surface area contributed by atoms with E-state index in [2.05, 4.69) is 13.8 Å². The van der Waals surface area contributed by atoms with Crippen LogP contribution in [0.1, 0.15) is 155 Å². The number of epoxide rings is 1. The Morgan fingerprint density at radius 2 is 0.968 bits per heavy atom. The molecular weight excluding hydrogens is 380 g/mol. The Kier molecular flexibility index (Phi) is 21.6. The summed E-state index contributed by atoms with van der Waals surface area (Å²) in [4.78, 5) is 0. The molecule has 186 valence electrons. The molecule has 2 nitrogen and oxygen atoms in total. The highest BCUT2D eigenvalue weighted by molar-refractivity contribution is 4.67. The van der Waals surface area contributed by atoms with Crippen molar-refractivity contribution in [2.75, 3.05) is 19.8 Å². The van der Waals surface area contributed by atoms with E-state index in [0.29, 0.717) is 6.10 Å². The Hall–Kier alpha value is -0.0800. The van der Waals surface area contributed by atoms with Crippen molar-refractivity contribution in [2.45, 2.75) is 161 Å². The van der Waals surface area contributed by atoms with Gasteiger partial charge in [0.25, 0.3) is 0 Å². The van der Waals surface area contributed by atoms with Crippen molar-refractivity contribution in [3.8, 4) is 0 Å². The number of unbranched alkanes of at least 4 members (excludes halogenated alkanes) is 16. The molecule has 1 fully saturated rings. The molecule has 0 spiro atoms. The number of hydrogen-bond acceptors (Lipinski definition) is 2. The minimum Gasteiger partial charge on any atom is -0.379 e. The summed E-state index contributed by atoms with van der Waals surface area (Å²) in [5.74, 6) is 0.940. The van der Waals surface area contributed by atoms with Crippen molar-refractivity contribution in [1.82, 2.24) is 0 Å². The zero-order chi connectivity index (χ0) is 22.2. The van der Waals surface area contributed by atoms with Gasteiger partial charge in [0.1, 0.15) is 6.10 Å². The maximum atomic E-state index is 5.77. The van der Waals surface area contributed by atoms with Crippen LogP contribution in [0.4, 0.5) is 0 Å². The average Bonchev–Trinajstić information content (AvgIpc) is 3.60. The van der Waals surface area contributed by atoms with E-state index in [9.17, 15) is 0 Å². The summed E-state index contributed by atoms with van der Waals surface area (Å²) in [7, 11) is 0. The molecule has 1 heterocycles. The first kappa shape index (κ1) is 29.0. The molecule has 0 amide bonds. The maximum Gasteiger partial charge on any atom is 0.104 e. The van der Waals surface area contributed by atoms with Crippen LogP contribution in [0.3, 0.4) is 0 Å². The monoisotopic (exact) mass is 438 g/mol. The Labute approximate surface area is 196 Å². The summed E-state index contributed by atoms with van der Waals surface area (Å²) in [6, 6.07) is 0. The van der Waals surface area contributed by atoms with Gasteiger partial charge in [0, 0.05) is 6.61 Å². The van der Waals surface area contributed by atoms with Gasteiger partial charge >= 0.3 is 0 Å². The predicted molar refractivity (Wildman–Crippen MR) is 137 cm³/mol. The first-order valence-corrected chi connectivity index (χ1v) is 14.6. The van der Waals surface area contributed by atoms with Crippen LogP contribution in [-0.4, -0.2) is 25.9 Å². The molecule has 0 aliphatic carbocycles. The first-order chi connectivity index (χ1) is 15.4. The molecule has 0 aromatic carbocycles. The summed E-state index contributed by atoms with van der Waals surface area (Å²) in [6.45, 7) is 7.28. The molecule has 1 rings (SSSR count). The van der Waals surface area contributed by atoms with Gasteiger partial charge in [-0.25, -0.2) is 0 Å². The molecule has 0 aromatic rings. The number of ether oxygens (including phenoxy) is 2. The van der Waals surface area contributed by atoms with Crippen molar-refractivity contribution in [3.05, 3.63) is 0 Å². The minimum atomic E-state index is 0.417. The Bertz CT molecular complexity index is 340. The van der Waals surface area contributed by atoms with Crippen LogP contribution in [0.2, 0.25) is 0 Å². The van der Waals surface area contributed by atoms with Gasteiger partial charge in [-0.05, 0) is 18.8 Å². The number of rotatable bonds is 26. The fourth-order valence-electron chi connectivity index (χ4n) is 4.77. The maximum absolute atomic E-state index is 5.77. The van der Waals surface area contributed by atoms with Gasteiger partial charge in [-0.3, -0.25) is 0 Å². The van der Waals surface area contributed by atoms with Crippen LogP contribution >= 0.6 is 0 Å². The molecule has 1 aliphatic rings. The SMILES string of the molecule is CCCCCCCCCCCCCC(CCCCCCCCC)CCCOCC1CO1. The van der Waals surface area contributed by atoms with E-state index in [-0.39, 0.29) is 0 Å². The lowest BCUT2D eigenvalue weighted by Crippen LogP contribution is -2.06. The van der Waals surface area contributed by atoms with Crippen LogP contribution < -0.4 is 0 Å². The van der Waals surface area contributed by atoms with Crippen LogP contribution in [0, 0.1) is 5.92 Å². The van der Waals surface area contributed by atoms with Crippen molar-refractivity contribution < 1.29 is 9.47 Å². The molecule has 0 aromatic heterocycles. The largest absolute Gasteiger partial charge is 0.379 e. The van der Waals surface area contributed by atoms with Gasteiger partial charge in [-0.2, -0.15) is 0 Å². The lowest BCUT2D eigenvalue weighted by Gasteiger charge is -2.17. The van der Waals surface area contributed by atoms with Gasteiger partial charge in [-0.15, -0.1) is 0 Å². The zero-order valence-electron chi connectivity index (χ0n) is 21.6. The van der Waals surface area contributed by atoms with E-state index in [0.717, 1.165) is 25.7 Å². The molecule has 31 heavy (non-hydrogen) atoms. The second kappa shape index (κ2) is 23.1. The van der Waals surface area contributed by atoms with Gasteiger partial charge in [0.2, 0.25) is 0 Å². The standard InChI is InChI=1S/C29H58O2/c1-3-5-7-9-11-12-13-14-16-18-20-23-28(22-19-17-15-10-8-6-4-2)24-21-25-30-26-29-27-31-29/h28-29H,3-27H2,1-2H3. The highest BCUT2D eigenvalue weighted by Gasteiger charge is 2.22. The smallest absolute Gasteiger partial charge is 0.104 e. The fourth-order valence-corrected chi connectivity index (χ4v) is 4.77. The highest BCUT2D eigenvalue weighted by Crippen LogP contribution is 2.24. The molecule has 2 atom stereocenters. The summed E-state index contributed by atoms with van der Waals surface area (Å²) >= 11 is 0. The normalized spacial score (nSPS) is 16.6. The van der Waals surface area contributed by atoms with Crippen LogP contribution in [0.25, 0.3) is 0 Å². The quantitative estimate of drug-likeness (QED) is 0.0990. The van der Waals surface area contributed by atoms with E-state index in [1.807, 2.05) is 0 Å². The summed E-state index contributed by atoms with van der Waals surface area (Å²) in [5, 5.41) is 0. The topological polar surface area (TPSA) is 21.8 Å². The summed E-state index contributed by atoms with van der Waals surface area (Å²) in [5.41, 5.74) is 0. The zero-order valence-corrected chi connectivity index (χ0v) is 21.6. The van der Waals surface area contributed by atoms with Crippen LogP contribution in [0.5, 0.6) is 0 Å². The first-order valence-electron chi connectivity index (χ1n) is 14.6. The Morgan fingerprint density at radius 1 is 0.581 bits per heavy atom. The lowest BCUT2D eigenvalue weighted by atomic mass is 9.90. The second-order valence-corrected chi connectivity index (χ2v) is 10.3. The molecule has 2 unspecified atom stereocenters. The summed E-state index contributed by atoms with van der Waals surface area (Å²) < 4.78 is 11.0. The van der Waals surface area contributed by atoms with Crippen molar-refractivity contribution in [2.24, 2.45) is 5.92 Å². The molecule has 0 saturated carbocycles.